The van der Waals surface area contributed by atoms with E-state index in [1.807, 2.05) is 6.92 Å². The summed E-state index contributed by atoms with van der Waals surface area (Å²) >= 11 is 11.7. The molecule has 0 saturated carbocycles. The Morgan fingerprint density at radius 1 is 1.50 bits per heavy atom. The fraction of sp³-hybridized carbons (Fsp3) is 0.444. The molecule has 0 spiro atoms. The Kier molecular flexibility index (Phi) is 4.13. The van der Waals surface area contributed by atoms with E-state index in [-0.39, 0.29) is 12.1 Å². The standard InChI is InChI=1S/C9H12Cl2N2O/c1-5(12)9(14-2)8-7(11)3-6(10)4-13-8/h3-5,9H,12H2,1-2H3. The van der Waals surface area contributed by atoms with Crippen LogP contribution in [0.15, 0.2) is 12.3 Å². The van der Waals surface area contributed by atoms with Gasteiger partial charge in [-0.15, -0.1) is 0 Å². The lowest BCUT2D eigenvalue weighted by molar-refractivity contribution is 0.0819. The summed E-state index contributed by atoms with van der Waals surface area (Å²) < 4.78 is 5.20. The summed E-state index contributed by atoms with van der Waals surface area (Å²) in [6.07, 6.45) is 1.22. The molecule has 0 radical (unpaired) electrons. The van der Waals surface area contributed by atoms with Crippen LogP contribution in [0.25, 0.3) is 0 Å². The summed E-state index contributed by atoms with van der Waals surface area (Å²) in [5.41, 5.74) is 6.35. The van der Waals surface area contributed by atoms with Crippen molar-refractivity contribution in [2.45, 2.75) is 19.1 Å². The number of hydrogen-bond acceptors (Lipinski definition) is 3. The zero-order chi connectivity index (χ0) is 10.7. The molecule has 1 aromatic heterocycles. The molecule has 0 aliphatic heterocycles. The summed E-state index contributed by atoms with van der Waals surface area (Å²) in [7, 11) is 1.57. The van der Waals surface area contributed by atoms with Crippen LogP contribution in [0.5, 0.6) is 0 Å². The van der Waals surface area contributed by atoms with E-state index in [9.17, 15) is 0 Å². The van der Waals surface area contributed by atoms with Crippen molar-refractivity contribution >= 4 is 23.2 Å². The summed E-state index contributed by atoms with van der Waals surface area (Å²) in [5, 5.41) is 0.972. The molecule has 0 aliphatic carbocycles. The first-order valence-electron chi connectivity index (χ1n) is 4.15. The maximum Gasteiger partial charge on any atom is 0.115 e. The Balaban J connectivity index is 3.04. The zero-order valence-corrected chi connectivity index (χ0v) is 9.51. The van der Waals surface area contributed by atoms with Crippen LogP contribution < -0.4 is 5.73 Å². The largest absolute Gasteiger partial charge is 0.373 e. The maximum absolute atomic E-state index is 5.96. The SMILES string of the molecule is COC(c1ncc(Cl)cc1Cl)C(C)N. The number of methoxy groups -OCH3 is 1. The first kappa shape index (κ1) is 11.7. The Hall–Kier alpha value is -0.350. The van der Waals surface area contributed by atoms with Crippen LogP contribution in [0.1, 0.15) is 18.7 Å². The van der Waals surface area contributed by atoms with Crippen LogP contribution in [-0.2, 0) is 4.74 Å². The Morgan fingerprint density at radius 2 is 2.14 bits per heavy atom. The second kappa shape index (κ2) is 4.94. The monoisotopic (exact) mass is 234 g/mol. The molecular formula is C9H12Cl2N2O. The average molecular weight is 235 g/mol. The minimum absolute atomic E-state index is 0.175. The highest BCUT2D eigenvalue weighted by molar-refractivity contribution is 6.34. The van der Waals surface area contributed by atoms with Gasteiger partial charge in [-0.05, 0) is 13.0 Å². The molecule has 0 aromatic carbocycles. The third kappa shape index (κ3) is 2.58. The van der Waals surface area contributed by atoms with Crippen molar-refractivity contribution < 1.29 is 4.74 Å². The number of hydrogen-bond donors (Lipinski definition) is 1. The van der Waals surface area contributed by atoms with Gasteiger partial charge in [0.15, 0.2) is 0 Å². The van der Waals surface area contributed by atoms with Gasteiger partial charge < -0.3 is 10.5 Å². The van der Waals surface area contributed by atoms with Crippen LogP contribution in [-0.4, -0.2) is 18.1 Å². The fourth-order valence-electron chi connectivity index (χ4n) is 1.21. The highest BCUT2D eigenvalue weighted by Gasteiger charge is 2.19. The van der Waals surface area contributed by atoms with Crippen molar-refractivity contribution in [2.24, 2.45) is 5.73 Å². The first-order valence-corrected chi connectivity index (χ1v) is 4.91. The molecule has 14 heavy (non-hydrogen) atoms. The molecule has 2 unspecified atom stereocenters. The van der Waals surface area contributed by atoms with E-state index in [0.29, 0.717) is 15.7 Å². The lowest BCUT2D eigenvalue weighted by Gasteiger charge is -2.19. The predicted octanol–water partition coefficient (Wildman–Crippen LogP) is 2.42. The molecule has 78 valence electrons. The molecule has 0 bridgehead atoms. The van der Waals surface area contributed by atoms with E-state index in [0.717, 1.165) is 0 Å². The van der Waals surface area contributed by atoms with Crippen molar-refractivity contribution in [2.75, 3.05) is 7.11 Å². The van der Waals surface area contributed by atoms with E-state index in [1.165, 1.54) is 6.20 Å². The van der Waals surface area contributed by atoms with Gasteiger partial charge in [-0.25, -0.2) is 0 Å². The molecule has 3 nitrogen and oxygen atoms in total. The normalized spacial score (nSPS) is 15.2. The summed E-state index contributed by atoms with van der Waals surface area (Å²) in [6, 6.07) is 1.45. The predicted molar refractivity (Wildman–Crippen MR) is 57.7 cm³/mol. The molecule has 2 atom stereocenters. The quantitative estimate of drug-likeness (QED) is 0.875. The molecule has 5 heteroatoms. The van der Waals surface area contributed by atoms with Crippen molar-refractivity contribution in [3.63, 3.8) is 0 Å². The van der Waals surface area contributed by atoms with E-state index in [2.05, 4.69) is 4.98 Å². The number of pyridine rings is 1. The highest BCUT2D eigenvalue weighted by atomic mass is 35.5. The minimum atomic E-state index is -0.306. The molecule has 0 fully saturated rings. The van der Waals surface area contributed by atoms with Gasteiger partial charge in [-0.1, -0.05) is 23.2 Å². The van der Waals surface area contributed by atoms with Gasteiger partial charge in [0.05, 0.1) is 15.7 Å². The van der Waals surface area contributed by atoms with Gasteiger partial charge in [-0.3, -0.25) is 4.98 Å². The second-order valence-corrected chi connectivity index (χ2v) is 3.88. The Morgan fingerprint density at radius 3 is 2.57 bits per heavy atom. The van der Waals surface area contributed by atoms with Crippen LogP contribution in [0, 0.1) is 0 Å². The van der Waals surface area contributed by atoms with Gasteiger partial charge >= 0.3 is 0 Å². The molecule has 1 aromatic rings. The Bertz CT molecular complexity index is 318. The molecule has 2 N–H and O–H groups in total. The van der Waals surface area contributed by atoms with Crippen molar-refractivity contribution in [1.29, 1.82) is 0 Å². The van der Waals surface area contributed by atoms with Crippen molar-refractivity contribution in [3.8, 4) is 0 Å². The molecule has 1 rings (SSSR count). The number of rotatable bonds is 3. The number of aromatic nitrogens is 1. The van der Waals surface area contributed by atoms with Crippen molar-refractivity contribution in [3.05, 3.63) is 28.0 Å². The van der Waals surface area contributed by atoms with Crippen LogP contribution in [0.3, 0.4) is 0 Å². The minimum Gasteiger partial charge on any atom is -0.373 e. The highest BCUT2D eigenvalue weighted by Crippen LogP contribution is 2.26. The smallest absolute Gasteiger partial charge is 0.115 e. The van der Waals surface area contributed by atoms with E-state index in [1.54, 1.807) is 13.2 Å². The third-order valence-electron chi connectivity index (χ3n) is 1.84. The first-order chi connectivity index (χ1) is 6.56. The van der Waals surface area contributed by atoms with Gasteiger partial charge in [-0.2, -0.15) is 0 Å². The lowest BCUT2D eigenvalue weighted by atomic mass is 10.1. The van der Waals surface area contributed by atoms with Gasteiger partial charge in [0.25, 0.3) is 0 Å². The second-order valence-electron chi connectivity index (χ2n) is 3.04. The van der Waals surface area contributed by atoms with E-state index >= 15 is 0 Å². The maximum atomic E-state index is 5.96. The molecule has 1 heterocycles. The van der Waals surface area contributed by atoms with Crippen LogP contribution >= 0.6 is 23.2 Å². The number of halogens is 2. The summed E-state index contributed by atoms with van der Waals surface area (Å²) in [5.74, 6) is 0. The molecule has 0 aliphatic rings. The van der Waals surface area contributed by atoms with Gasteiger partial charge in [0.2, 0.25) is 0 Å². The average Bonchev–Trinajstić information content (AvgIpc) is 2.09. The third-order valence-corrected chi connectivity index (χ3v) is 2.35. The fourth-order valence-corrected chi connectivity index (χ4v) is 1.70. The topological polar surface area (TPSA) is 48.1 Å². The lowest BCUT2D eigenvalue weighted by Crippen LogP contribution is -2.27. The summed E-state index contributed by atoms with van der Waals surface area (Å²) in [4.78, 5) is 4.10. The van der Waals surface area contributed by atoms with Crippen LogP contribution in [0.4, 0.5) is 0 Å². The van der Waals surface area contributed by atoms with Crippen molar-refractivity contribution in [1.82, 2.24) is 4.98 Å². The number of nitrogens with zero attached hydrogens (tertiary/aromatic N) is 1. The van der Waals surface area contributed by atoms with E-state index < -0.39 is 0 Å². The van der Waals surface area contributed by atoms with Gasteiger partial charge in [0, 0.05) is 19.3 Å². The zero-order valence-electron chi connectivity index (χ0n) is 8.00. The van der Waals surface area contributed by atoms with Crippen LogP contribution in [0.2, 0.25) is 10.0 Å². The molecule has 0 amide bonds. The Labute approximate surface area is 93.2 Å². The van der Waals surface area contributed by atoms with Gasteiger partial charge in [0.1, 0.15) is 6.10 Å². The number of ether oxygens (including phenoxy) is 1. The number of nitrogens with two attached hydrogens (primary N) is 1. The molecular weight excluding hydrogens is 223 g/mol. The summed E-state index contributed by atoms with van der Waals surface area (Å²) in [6.45, 7) is 1.83. The molecule has 0 saturated heterocycles. The van der Waals surface area contributed by atoms with E-state index in [4.69, 9.17) is 33.7 Å².